The normalized spacial score (nSPS) is 10.4. The van der Waals surface area contributed by atoms with Crippen molar-refractivity contribution in [3.05, 3.63) is 315 Å². The molecule has 494 valence electrons. The van der Waals surface area contributed by atoms with Gasteiger partial charge >= 0.3 is 43.8 Å². The Morgan fingerprint density at radius 3 is 1.31 bits per heavy atom. The molecule has 16 nitrogen and oxygen atoms in total. The van der Waals surface area contributed by atoms with Crippen LogP contribution < -0.4 is 31.4 Å². The average Bonchev–Trinajstić information content (AvgIpc) is 0.801. The molecule has 2 radical (unpaired) electrons. The van der Waals surface area contributed by atoms with Gasteiger partial charge in [0.1, 0.15) is 11.5 Å². The van der Waals surface area contributed by atoms with Crippen LogP contribution in [0.3, 0.4) is 0 Å². The number of pyridine rings is 2. The summed E-state index contributed by atoms with van der Waals surface area (Å²) in [6.45, 7) is 6.36. The highest BCUT2D eigenvalue weighted by atomic mass is 16.5. The zero-order valence-electron chi connectivity index (χ0n) is 55.3. The quantitative estimate of drug-likeness (QED) is 0.0403. The van der Waals surface area contributed by atoms with E-state index in [4.69, 9.17) is 49.5 Å². The lowest BCUT2D eigenvalue weighted by Gasteiger charge is -2.12. The maximum Gasteiger partial charge on any atom is 0.569 e. The van der Waals surface area contributed by atoms with Crippen LogP contribution in [0.25, 0.3) is 98.5 Å². The second-order valence-electron chi connectivity index (χ2n) is 23.2. The lowest BCUT2D eigenvalue weighted by Crippen LogP contribution is -2.35. The Bertz CT molecular complexity index is 4920. The van der Waals surface area contributed by atoms with Gasteiger partial charge in [-0.15, -0.1) is 0 Å². The highest BCUT2D eigenvalue weighted by Gasteiger charge is 2.17. The van der Waals surface area contributed by atoms with Gasteiger partial charge in [0.15, 0.2) is 5.72 Å². The van der Waals surface area contributed by atoms with E-state index in [2.05, 4.69) is 95.3 Å². The smallest absolute Gasteiger partial charge is 0.537 e. The summed E-state index contributed by atoms with van der Waals surface area (Å²) in [6.07, 6.45) is 8.54. The fraction of sp³-hybridized carbons (Fsp3) is 0.0380. The predicted molar refractivity (Wildman–Crippen MR) is 410 cm³/mol. The first-order valence-corrected chi connectivity index (χ1v) is 32.1. The van der Waals surface area contributed by atoms with Gasteiger partial charge in [-0.25, -0.2) is 9.97 Å². The van der Waals surface area contributed by atoms with E-state index in [9.17, 15) is 10.0 Å². The Kier molecular flexibility index (Phi) is 25.6. The van der Waals surface area contributed by atoms with Crippen molar-refractivity contribution in [1.82, 2.24) is 19.9 Å². The molecule has 3 heterocycles. The van der Waals surface area contributed by atoms with Crippen molar-refractivity contribution < 1.29 is 59.5 Å². The molecule has 0 bridgehead atoms. The third-order valence-corrected chi connectivity index (χ3v) is 16.4. The Balaban J connectivity index is 0.000000131. The molecule has 0 aliphatic rings. The maximum absolute atomic E-state index is 9.21. The highest BCUT2D eigenvalue weighted by Crippen LogP contribution is 2.32. The number of aromatic nitrogens is 4. The Hall–Kier alpha value is -11.1. The van der Waals surface area contributed by atoms with Gasteiger partial charge in [-0.05, 0) is 173 Å². The molecule has 0 aliphatic carbocycles. The van der Waals surface area contributed by atoms with Crippen LogP contribution in [0.5, 0.6) is 11.5 Å². The molecule has 101 heavy (non-hydrogen) atoms. The van der Waals surface area contributed by atoms with Gasteiger partial charge in [0, 0.05) is 41.8 Å². The molecule has 10 N–H and O–H groups in total. The number of hydrogen-bond donors (Lipinski definition) is 10. The van der Waals surface area contributed by atoms with Crippen LogP contribution in [0, 0.1) is 20.8 Å². The first-order valence-electron chi connectivity index (χ1n) is 32.1. The summed E-state index contributed by atoms with van der Waals surface area (Å²) in [5.74, 6) is 1.25. The Morgan fingerprint density at radius 2 is 0.772 bits per heavy atom. The van der Waals surface area contributed by atoms with E-state index in [0.717, 1.165) is 76.6 Å². The maximum atomic E-state index is 9.21. The van der Waals surface area contributed by atoms with Gasteiger partial charge in [0.25, 0.3) is 0 Å². The fourth-order valence-electron chi connectivity index (χ4n) is 11.5. The van der Waals surface area contributed by atoms with Crippen LogP contribution in [0.1, 0.15) is 16.7 Å². The summed E-state index contributed by atoms with van der Waals surface area (Å²) >= 11 is 0. The molecule has 0 unspecified atom stereocenters. The van der Waals surface area contributed by atoms with E-state index in [0.29, 0.717) is 43.3 Å². The number of hydrogen-bond acceptors (Lipinski definition) is 16. The van der Waals surface area contributed by atoms with E-state index in [1.54, 1.807) is 61.3 Å². The summed E-state index contributed by atoms with van der Waals surface area (Å²) in [7, 11) is -4.49. The van der Waals surface area contributed by atoms with Gasteiger partial charge in [-0.3, -0.25) is 9.97 Å². The number of aryl methyl sites for hydroxylation is 3. The molecule has 0 atom stereocenters. The number of rotatable bonds is 12. The van der Waals surface area contributed by atoms with Crippen molar-refractivity contribution in [2.75, 3.05) is 0 Å². The number of benzene rings is 12. The zero-order chi connectivity index (χ0) is 71.2. The Morgan fingerprint density at radius 1 is 0.327 bits per heavy atom. The van der Waals surface area contributed by atoms with Crippen LogP contribution >= 0.6 is 0 Å². The molecule has 22 heteroatoms. The zero-order valence-corrected chi connectivity index (χ0v) is 55.3. The second-order valence-corrected chi connectivity index (χ2v) is 23.2. The molecule has 0 spiro atoms. The molecule has 0 aliphatic heterocycles. The summed E-state index contributed by atoms with van der Waals surface area (Å²) in [6, 6.07) is 85.6. The minimum Gasteiger partial charge on any atom is -0.537 e. The average molecular weight is 1330 g/mol. The molecule has 15 rings (SSSR count). The highest BCUT2D eigenvalue weighted by molar-refractivity contribution is 6.59. The first-order chi connectivity index (χ1) is 49.0. The fourth-order valence-corrected chi connectivity index (χ4v) is 11.5. The molecule has 0 fully saturated rings. The van der Waals surface area contributed by atoms with Crippen molar-refractivity contribution in [2.24, 2.45) is 0 Å². The molecule has 12 aromatic carbocycles. The number of nitrogens with zero attached hydrogens (tertiary/aromatic N) is 4. The summed E-state index contributed by atoms with van der Waals surface area (Å²) in [5.41, 5.74) is 14.9. The Labute approximate surface area is 587 Å². The molecule has 0 saturated carbocycles. The largest absolute Gasteiger partial charge is 0.569 e. The second kappa shape index (κ2) is 35.6. The van der Waals surface area contributed by atoms with Crippen molar-refractivity contribution >= 4 is 120 Å². The van der Waals surface area contributed by atoms with E-state index in [1.807, 2.05) is 182 Å². The molecule has 0 saturated heterocycles. The summed E-state index contributed by atoms with van der Waals surface area (Å²) in [5, 5.41) is 99.3. The molecule has 0 amide bonds. The van der Waals surface area contributed by atoms with Crippen LogP contribution in [-0.2, 0) is 0 Å². The van der Waals surface area contributed by atoms with Gasteiger partial charge < -0.3 is 59.5 Å². The first kappa shape index (κ1) is 72.6. The SMILES string of the molecule is Cc1cc(C)c(-c2ccc(O[B]O)cc2)c(C)c1.OB(O)c1ccc(-c2cccnc2)cc1.OB(O)c1ccc(-c2ccncc2)cc1.OB(O)c1ccc2ccc3ccccc3c2c1.OB(O)c1ncc2ccc3ccccc3c2n1.O[B]Oc1ccc(-c2cccc3ccccc23)cc1. The third kappa shape index (κ3) is 19.4. The predicted octanol–water partition coefficient (Wildman–Crippen LogP) is 9.59. The minimum absolute atomic E-state index is 0.0221. The lowest BCUT2D eigenvalue weighted by molar-refractivity contribution is 0.422. The third-order valence-electron chi connectivity index (χ3n) is 16.4. The van der Waals surface area contributed by atoms with Gasteiger partial charge in [0.05, 0.1) is 5.52 Å². The van der Waals surface area contributed by atoms with E-state index < -0.39 is 28.5 Å². The van der Waals surface area contributed by atoms with Crippen molar-refractivity contribution in [3.8, 4) is 56.0 Å². The van der Waals surface area contributed by atoms with Crippen molar-refractivity contribution in [1.29, 1.82) is 0 Å². The van der Waals surface area contributed by atoms with E-state index in [-0.39, 0.29) is 5.72 Å². The van der Waals surface area contributed by atoms with Crippen molar-refractivity contribution in [3.63, 3.8) is 0 Å². The van der Waals surface area contributed by atoms with Gasteiger partial charge in [-0.1, -0.05) is 230 Å². The monoisotopic (exact) mass is 1330 g/mol. The molecule has 3 aromatic heterocycles. The molecular formula is C79H68B6N4O12. The van der Waals surface area contributed by atoms with E-state index in [1.165, 1.54) is 38.6 Å². The van der Waals surface area contributed by atoms with Crippen LogP contribution in [-0.4, -0.2) is 114 Å². The van der Waals surface area contributed by atoms with Crippen LogP contribution in [0.4, 0.5) is 0 Å². The summed E-state index contributed by atoms with van der Waals surface area (Å²) < 4.78 is 9.82. The van der Waals surface area contributed by atoms with Gasteiger partial charge in [0.2, 0.25) is 0 Å². The lowest BCUT2D eigenvalue weighted by atomic mass is 9.79. The molecule has 15 aromatic rings. The minimum atomic E-state index is -1.64. The summed E-state index contributed by atoms with van der Waals surface area (Å²) in [4.78, 5) is 16.1. The van der Waals surface area contributed by atoms with E-state index >= 15 is 0 Å². The van der Waals surface area contributed by atoms with Gasteiger partial charge in [-0.2, -0.15) is 0 Å². The number of fused-ring (bicyclic) bond motifs is 7. The van der Waals surface area contributed by atoms with Crippen LogP contribution in [0.2, 0.25) is 0 Å². The molecular weight excluding hydrogens is 1260 g/mol. The topological polar surface area (TPSA) is 272 Å². The van der Waals surface area contributed by atoms with Crippen LogP contribution in [0.15, 0.2) is 298 Å². The standard InChI is InChI=1S/C16H12BO2.C15H16BO2.C14H11BO2.C12H9BN2O2.2C11H10BNO2/c18-17-19-14-10-8-13(9-11-14)16-7-3-5-12-4-1-2-6-15(12)16;1-10-8-11(2)15(12(3)9-10)13-4-6-14(7-5-13)18-16-17;16-15(17)12-8-7-11-6-5-10-3-1-2-4-13(10)14(11)9-12;16-13(17)12-14-7-9-6-5-8-3-1-2-4-10(8)11(9)15-12;14-12(15)11-3-1-9(2-4-11)10-5-7-13-8-6-10;14-12(15)11-5-3-9(4-6-11)10-2-1-7-13-8-10/h1-11,18H;4-9,17H,1-3H3;1-9,16-17H;1-7,16-17H;2*1-8,14-15H. The van der Waals surface area contributed by atoms with Crippen molar-refractivity contribution in [2.45, 2.75) is 20.8 Å².